The highest BCUT2D eigenvalue weighted by molar-refractivity contribution is 4.99. The molecule has 0 aliphatic carbocycles. The average Bonchev–Trinajstić information content (AvgIpc) is 3.98. The molecule has 3 unspecified atom stereocenters. The zero-order chi connectivity index (χ0) is 34.8. The van der Waals surface area contributed by atoms with E-state index in [1.807, 2.05) is 0 Å². The third-order valence-corrected chi connectivity index (χ3v) is 10.5. The van der Waals surface area contributed by atoms with Crippen LogP contribution in [0.1, 0.15) is 119 Å². The number of aromatic nitrogens is 3. The summed E-state index contributed by atoms with van der Waals surface area (Å²) in [6.07, 6.45) is 12.3. The molecule has 276 valence electrons. The smallest absolute Gasteiger partial charge is 0.336 e. The Morgan fingerprint density at radius 3 is 0.771 bits per heavy atom. The van der Waals surface area contributed by atoms with Crippen LogP contribution in [0.2, 0.25) is 0 Å². The zero-order valence-corrected chi connectivity index (χ0v) is 31.1. The number of ether oxygens (including phenoxy) is 3. The lowest BCUT2D eigenvalue weighted by atomic mass is 10.2. The fourth-order valence-electron chi connectivity index (χ4n) is 6.85. The molecule has 0 spiro atoms. The van der Waals surface area contributed by atoms with Crippen LogP contribution >= 0.6 is 0 Å². The number of hydrogen-bond acceptors (Lipinski definition) is 9. The van der Waals surface area contributed by atoms with E-state index in [0.717, 1.165) is 116 Å². The largest absolute Gasteiger partial charge is 0.351 e. The van der Waals surface area contributed by atoms with Gasteiger partial charge in [0.15, 0.2) is 17.2 Å². The normalized spacial score (nSPS) is 24.7. The Hall–Kier alpha value is -1.83. The number of unbranched alkanes of at least 4 members (excludes halogenated alkanes) is 6. The summed E-state index contributed by atoms with van der Waals surface area (Å²) in [5, 5.41) is 0. The maximum absolute atomic E-state index is 14.4. The SMILES string of the molecule is CCCCN(CCCC)C1(Cn2c(=O)n(CC3(N(CCCC)CCCC)CO3)c(=O)n(CC3(N(CCCC)CCCC)CO3)c2=O)CO1. The van der Waals surface area contributed by atoms with E-state index < -0.39 is 34.2 Å². The van der Waals surface area contributed by atoms with Gasteiger partial charge in [0, 0.05) is 39.3 Å². The van der Waals surface area contributed by atoms with Gasteiger partial charge in [0.2, 0.25) is 0 Å². The Morgan fingerprint density at radius 2 is 0.625 bits per heavy atom. The van der Waals surface area contributed by atoms with Crippen LogP contribution in [0.5, 0.6) is 0 Å². The minimum Gasteiger partial charge on any atom is -0.351 e. The van der Waals surface area contributed by atoms with Crippen molar-refractivity contribution in [2.75, 3.05) is 59.1 Å². The van der Waals surface area contributed by atoms with Crippen molar-refractivity contribution in [2.24, 2.45) is 0 Å². The molecule has 3 aliphatic rings. The predicted octanol–water partition coefficient (Wildman–Crippen LogP) is 4.06. The van der Waals surface area contributed by atoms with Crippen LogP contribution in [0.4, 0.5) is 0 Å². The molecule has 48 heavy (non-hydrogen) atoms. The van der Waals surface area contributed by atoms with Crippen molar-refractivity contribution >= 4 is 0 Å². The van der Waals surface area contributed by atoms with Crippen LogP contribution in [0.3, 0.4) is 0 Å². The Morgan fingerprint density at radius 1 is 0.438 bits per heavy atom. The van der Waals surface area contributed by atoms with Crippen LogP contribution in [-0.4, -0.2) is 105 Å². The number of epoxide rings is 3. The monoisotopic (exact) mass is 679 g/mol. The molecule has 3 atom stereocenters. The number of rotatable bonds is 27. The van der Waals surface area contributed by atoms with Crippen molar-refractivity contribution in [3.63, 3.8) is 0 Å². The van der Waals surface area contributed by atoms with Gasteiger partial charge in [0.1, 0.15) is 0 Å². The Balaban J connectivity index is 1.77. The molecule has 0 aromatic carbocycles. The van der Waals surface area contributed by atoms with Gasteiger partial charge in [-0.3, -0.25) is 14.7 Å². The standard InChI is InChI=1S/C36H66N6O6/c1-7-13-19-37(20-14-8-2)34(28-46-34)25-40-31(43)41(26-35(29-47-35)38(21-15-9-3)22-16-10-4)33(45)42(32(40)44)27-36(30-48-36)39(23-17-11-5)24-18-12-6/h7-30H2,1-6H3. The average molecular weight is 679 g/mol. The molecule has 0 bridgehead atoms. The van der Waals surface area contributed by atoms with E-state index in [9.17, 15) is 14.4 Å². The molecule has 3 aliphatic heterocycles. The van der Waals surface area contributed by atoms with Gasteiger partial charge < -0.3 is 14.2 Å². The quantitative estimate of drug-likeness (QED) is 0.127. The molecular formula is C36H66N6O6. The van der Waals surface area contributed by atoms with Gasteiger partial charge in [0.05, 0.1) is 39.5 Å². The molecule has 0 N–H and O–H groups in total. The molecule has 3 fully saturated rings. The van der Waals surface area contributed by atoms with Crippen LogP contribution in [0, 0.1) is 0 Å². The highest BCUT2D eigenvalue weighted by Crippen LogP contribution is 2.36. The molecule has 3 saturated heterocycles. The van der Waals surface area contributed by atoms with E-state index in [0.29, 0.717) is 19.8 Å². The Kier molecular flexibility index (Phi) is 14.5. The summed E-state index contributed by atoms with van der Waals surface area (Å²) in [5.74, 6) is 0. The van der Waals surface area contributed by atoms with Crippen molar-refractivity contribution in [2.45, 2.75) is 155 Å². The second-order valence-electron chi connectivity index (χ2n) is 14.4. The van der Waals surface area contributed by atoms with Crippen molar-refractivity contribution in [3.05, 3.63) is 31.5 Å². The molecule has 4 rings (SSSR count). The van der Waals surface area contributed by atoms with E-state index in [1.54, 1.807) is 0 Å². The topological polar surface area (TPSA) is 113 Å². The lowest BCUT2D eigenvalue weighted by Gasteiger charge is -2.32. The number of hydrogen-bond donors (Lipinski definition) is 0. The van der Waals surface area contributed by atoms with Crippen molar-refractivity contribution in [1.29, 1.82) is 0 Å². The summed E-state index contributed by atoms with van der Waals surface area (Å²) in [6, 6.07) is 0. The summed E-state index contributed by atoms with van der Waals surface area (Å²) in [4.78, 5) is 50.1. The molecule has 0 amide bonds. The third-order valence-electron chi connectivity index (χ3n) is 10.5. The molecule has 1 aromatic rings. The molecule has 4 heterocycles. The second-order valence-corrected chi connectivity index (χ2v) is 14.4. The third kappa shape index (κ3) is 9.28. The van der Waals surface area contributed by atoms with Crippen LogP contribution in [0.25, 0.3) is 0 Å². The van der Waals surface area contributed by atoms with Gasteiger partial charge in [0.25, 0.3) is 0 Å². The van der Waals surface area contributed by atoms with E-state index in [1.165, 1.54) is 13.7 Å². The minimum atomic E-state index is -0.725. The van der Waals surface area contributed by atoms with Gasteiger partial charge >= 0.3 is 17.1 Å². The molecule has 12 heteroatoms. The van der Waals surface area contributed by atoms with Crippen LogP contribution in [0.15, 0.2) is 14.4 Å². The number of nitrogens with zero attached hydrogens (tertiary/aromatic N) is 6. The first-order valence-corrected chi connectivity index (χ1v) is 19.3. The zero-order valence-electron chi connectivity index (χ0n) is 31.1. The van der Waals surface area contributed by atoms with Crippen LogP contribution in [-0.2, 0) is 33.8 Å². The van der Waals surface area contributed by atoms with Gasteiger partial charge in [-0.05, 0) is 38.5 Å². The molecule has 1 aromatic heterocycles. The fourth-order valence-corrected chi connectivity index (χ4v) is 6.85. The Labute approximate surface area is 288 Å². The lowest BCUT2D eigenvalue weighted by molar-refractivity contribution is 0.0430. The maximum atomic E-state index is 14.4. The summed E-state index contributed by atoms with van der Waals surface area (Å²) < 4.78 is 22.2. The van der Waals surface area contributed by atoms with E-state index in [2.05, 4.69) is 56.2 Å². The van der Waals surface area contributed by atoms with E-state index >= 15 is 0 Å². The summed E-state index contributed by atoms with van der Waals surface area (Å²) in [6.45, 7) is 19.6. The van der Waals surface area contributed by atoms with Gasteiger partial charge in [-0.25, -0.2) is 28.1 Å². The van der Waals surface area contributed by atoms with Gasteiger partial charge in [-0.1, -0.05) is 80.1 Å². The van der Waals surface area contributed by atoms with Crippen molar-refractivity contribution in [3.8, 4) is 0 Å². The van der Waals surface area contributed by atoms with E-state index in [-0.39, 0.29) is 19.6 Å². The van der Waals surface area contributed by atoms with E-state index in [4.69, 9.17) is 14.2 Å². The highest BCUT2D eigenvalue weighted by atomic mass is 16.6. The molecule has 0 saturated carbocycles. The molecular weight excluding hydrogens is 612 g/mol. The molecule has 12 nitrogen and oxygen atoms in total. The molecule has 0 radical (unpaired) electrons. The first kappa shape index (κ1) is 39.0. The highest BCUT2D eigenvalue weighted by Gasteiger charge is 2.54. The van der Waals surface area contributed by atoms with Crippen molar-refractivity contribution in [1.82, 2.24) is 28.4 Å². The first-order chi connectivity index (χ1) is 23.2. The predicted molar refractivity (Wildman–Crippen MR) is 189 cm³/mol. The minimum absolute atomic E-state index is 0.0882. The van der Waals surface area contributed by atoms with Crippen molar-refractivity contribution < 1.29 is 14.2 Å². The fraction of sp³-hybridized carbons (Fsp3) is 0.917. The van der Waals surface area contributed by atoms with Gasteiger partial charge in [-0.15, -0.1) is 0 Å². The maximum Gasteiger partial charge on any atom is 0.336 e. The second kappa shape index (κ2) is 17.9. The first-order valence-electron chi connectivity index (χ1n) is 19.3. The lowest BCUT2D eigenvalue weighted by Crippen LogP contribution is -2.61. The van der Waals surface area contributed by atoms with Gasteiger partial charge in [-0.2, -0.15) is 0 Å². The van der Waals surface area contributed by atoms with Crippen LogP contribution < -0.4 is 17.1 Å². The summed E-state index contributed by atoms with van der Waals surface area (Å²) >= 11 is 0. The summed E-state index contributed by atoms with van der Waals surface area (Å²) in [5.41, 5.74) is -3.92. The Bertz CT molecular complexity index is 1100. The summed E-state index contributed by atoms with van der Waals surface area (Å²) in [7, 11) is 0.